The number of rotatable bonds is 3. The van der Waals surface area contributed by atoms with Gasteiger partial charge >= 0.3 is 0 Å². The van der Waals surface area contributed by atoms with Gasteiger partial charge in [0.2, 0.25) is 5.91 Å². The predicted molar refractivity (Wildman–Crippen MR) is 62.9 cm³/mol. The van der Waals surface area contributed by atoms with Gasteiger partial charge in [0.15, 0.2) is 0 Å². The van der Waals surface area contributed by atoms with Crippen LogP contribution >= 0.6 is 0 Å². The summed E-state index contributed by atoms with van der Waals surface area (Å²) in [5.74, 6) is -0.655. The van der Waals surface area contributed by atoms with E-state index in [1.54, 1.807) is 27.1 Å². The molecule has 0 aromatic heterocycles. The molecule has 0 aliphatic heterocycles. The topological polar surface area (TPSA) is 56.1 Å². The van der Waals surface area contributed by atoms with Crippen LogP contribution in [0.25, 0.3) is 0 Å². The quantitative estimate of drug-likeness (QED) is 0.865. The largest absolute Gasteiger partial charge is 0.374 e. The molecule has 17 heavy (non-hydrogen) atoms. The molecule has 1 unspecified atom stereocenters. The fourth-order valence-electron chi connectivity index (χ4n) is 1.40. The summed E-state index contributed by atoms with van der Waals surface area (Å²) in [5, 5.41) is 11.6. The van der Waals surface area contributed by atoms with Crippen LogP contribution in [-0.2, 0) is 4.79 Å². The van der Waals surface area contributed by atoms with Gasteiger partial charge in [-0.2, -0.15) is 5.26 Å². The number of anilines is 1. The van der Waals surface area contributed by atoms with Crippen LogP contribution in [0.4, 0.5) is 10.1 Å². The maximum atomic E-state index is 13.1. The van der Waals surface area contributed by atoms with Crippen LogP contribution in [-0.4, -0.2) is 30.9 Å². The van der Waals surface area contributed by atoms with Crippen molar-refractivity contribution in [3.8, 4) is 6.07 Å². The highest BCUT2D eigenvalue weighted by Crippen LogP contribution is 2.15. The molecule has 5 heteroatoms. The van der Waals surface area contributed by atoms with Crippen LogP contribution in [0.3, 0.4) is 0 Å². The number of likely N-dealkylation sites (N-methyl/N-ethyl adjacent to an activating group) is 1. The SMILES string of the molecule is CC(Nc1ccc(F)c(C#N)c1)C(=O)N(C)C. The number of halogens is 1. The lowest BCUT2D eigenvalue weighted by atomic mass is 10.2. The number of benzene rings is 1. The lowest BCUT2D eigenvalue weighted by molar-refractivity contribution is -0.129. The van der Waals surface area contributed by atoms with Gasteiger partial charge in [-0.1, -0.05) is 0 Å². The van der Waals surface area contributed by atoms with E-state index in [0.29, 0.717) is 5.69 Å². The second-order valence-electron chi connectivity index (χ2n) is 3.91. The molecular weight excluding hydrogens is 221 g/mol. The Bertz CT molecular complexity index is 465. The highest BCUT2D eigenvalue weighted by atomic mass is 19.1. The summed E-state index contributed by atoms with van der Waals surface area (Å²) in [5.41, 5.74) is 0.505. The Morgan fingerprint density at radius 2 is 2.18 bits per heavy atom. The summed E-state index contributed by atoms with van der Waals surface area (Å²) in [6, 6.07) is 5.40. The van der Waals surface area contributed by atoms with Crippen LogP contribution < -0.4 is 5.32 Å². The van der Waals surface area contributed by atoms with Crippen molar-refractivity contribution in [2.45, 2.75) is 13.0 Å². The van der Waals surface area contributed by atoms with E-state index < -0.39 is 11.9 Å². The van der Waals surface area contributed by atoms with Crippen LogP contribution in [0, 0.1) is 17.1 Å². The van der Waals surface area contributed by atoms with Crippen LogP contribution in [0.1, 0.15) is 12.5 Å². The third-order valence-electron chi connectivity index (χ3n) is 2.28. The van der Waals surface area contributed by atoms with Crippen molar-refractivity contribution in [1.82, 2.24) is 4.90 Å². The molecule has 0 aliphatic carbocycles. The smallest absolute Gasteiger partial charge is 0.244 e. The summed E-state index contributed by atoms with van der Waals surface area (Å²) in [4.78, 5) is 13.1. The molecule has 1 atom stereocenters. The van der Waals surface area contributed by atoms with Gasteiger partial charge < -0.3 is 10.2 Å². The number of hydrogen-bond donors (Lipinski definition) is 1. The number of nitriles is 1. The zero-order valence-corrected chi connectivity index (χ0v) is 9.99. The first-order chi connectivity index (χ1) is 7.95. The van der Waals surface area contributed by atoms with Gasteiger partial charge in [0.25, 0.3) is 0 Å². The third kappa shape index (κ3) is 3.18. The monoisotopic (exact) mass is 235 g/mol. The fraction of sp³-hybridized carbons (Fsp3) is 0.333. The Morgan fingerprint density at radius 1 is 1.53 bits per heavy atom. The Balaban J connectivity index is 2.83. The standard InChI is InChI=1S/C12H14FN3O/c1-8(12(17)16(2)3)15-10-4-5-11(13)9(6-10)7-14/h4-6,8,15H,1-3H3. The lowest BCUT2D eigenvalue weighted by Gasteiger charge is -2.19. The molecule has 1 aromatic rings. The predicted octanol–water partition coefficient (Wildman–Crippen LogP) is 1.59. The molecule has 1 aromatic carbocycles. The van der Waals surface area contributed by atoms with Crippen molar-refractivity contribution in [2.75, 3.05) is 19.4 Å². The van der Waals surface area contributed by atoms with Crippen LogP contribution in [0.2, 0.25) is 0 Å². The van der Waals surface area contributed by atoms with Gasteiger partial charge in [-0.05, 0) is 25.1 Å². The Hall–Kier alpha value is -2.09. The van der Waals surface area contributed by atoms with Crippen molar-refractivity contribution < 1.29 is 9.18 Å². The number of nitrogens with zero attached hydrogens (tertiary/aromatic N) is 2. The van der Waals surface area contributed by atoms with Gasteiger partial charge in [0.1, 0.15) is 17.9 Å². The van der Waals surface area contributed by atoms with Crippen LogP contribution in [0.5, 0.6) is 0 Å². The summed E-state index contributed by atoms with van der Waals surface area (Å²) >= 11 is 0. The number of nitrogens with one attached hydrogen (secondary N) is 1. The summed E-state index contributed by atoms with van der Waals surface area (Å²) in [6.07, 6.45) is 0. The maximum Gasteiger partial charge on any atom is 0.244 e. The number of carbonyl (C=O) groups excluding carboxylic acids is 1. The molecule has 0 aliphatic rings. The number of hydrogen-bond acceptors (Lipinski definition) is 3. The highest BCUT2D eigenvalue weighted by molar-refractivity contribution is 5.83. The van der Waals surface area contributed by atoms with Crippen molar-refractivity contribution in [2.24, 2.45) is 0 Å². The minimum absolute atomic E-state index is 0.0421. The summed E-state index contributed by atoms with van der Waals surface area (Å²) < 4.78 is 13.1. The molecule has 4 nitrogen and oxygen atoms in total. The zero-order chi connectivity index (χ0) is 13.0. The van der Waals surface area contributed by atoms with Gasteiger partial charge in [-0.3, -0.25) is 4.79 Å². The second kappa shape index (κ2) is 5.30. The third-order valence-corrected chi connectivity index (χ3v) is 2.28. The molecule has 1 N–H and O–H groups in total. The Kier molecular flexibility index (Phi) is 4.05. The van der Waals surface area contributed by atoms with Crippen molar-refractivity contribution in [3.63, 3.8) is 0 Å². The fourth-order valence-corrected chi connectivity index (χ4v) is 1.40. The Labute approximate surface area is 99.7 Å². The minimum Gasteiger partial charge on any atom is -0.374 e. The maximum absolute atomic E-state index is 13.1. The van der Waals surface area contributed by atoms with Gasteiger partial charge in [0.05, 0.1) is 5.56 Å². The van der Waals surface area contributed by atoms with E-state index in [1.807, 2.05) is 0 Å². The first kappa shape index (κ1) is 13.0. The molecule has 0 spiro atoms. The van der Waals surface area contributed by atoms with E-state index in [9.17, 15) is 9.18 Å². The van der Waals surface area contributed by atoms with Crippen LogP contribution in [0.15, 0.2) is 18.2 Å². The van der Waals surface area contributed by atoms with Gasteiger partial charge in [0, 0.05) is 19.8 Å². The van der Waals surface area contributed by atoms with Crippen molar-refractivity contribution in [3.05, 3.63) is 29.6 Å². The summed E-state index contributed by atoms with van der Waals surface area (Å²) in [7, 11) is 3.32. The molecule has 0 saturated carbocycles. The molecule has 0 radical (unpaired) electrons. The molecular formula is C12H14FN3O. The zero-order valence-electron chi connectivity index (χ0n) is 9.99. The van der Waals surface area contributed by atoms with Gasteiger partial charge in [-0.15, -0.1) is 0 Å². The number of amides is 1. The average Bonchev–Trinajstić information content (AvgIpc) is 2.30. The van der Waals surface area contributed by atoms with E-state index in [1.165, 1.54) is 23.1 Å². The minimum atomic E-state index is -0.565. The molecule has 0 fully saturated rings. The molecule has 1 amide bonds. The molecule has 1 rings (SSSR count). The van der Waals surface area contributed by atoms with Crippen molar-refractivity contribution in [1.29, 1.82) is 5.26 Å². The molecule has 0 saturated heterocycles. The summed E-state index contributed by atoms with van der Waals surface area (Å²) in [6.45, 7) is 1.71. The van der Waals surface area contributed by atoms with Gasteiger partial charge in [-0.25, -0.2) is 4.39 Å². The van der Waals surface area contributed by atoms with E-state index in [2.05, 4.69) is 5.32 Å². The van der Waals surface area contributed by atoms with E-state index in [0.717, 1.165) is 0 Å². The Morgan fingerprint density at radius 3 is 2.71 bits per heavy atom. The highest BCUT2D eigenvalue weighted by Gasteiger charge is 2.14. The van der Waals surface area contributed by atoms with E-state index in [4.69, 9.17) is 5.26 Å². The van der Waals surface area contributed by atoms with E-state index in [-0.39, 0.29) is 11.5 Å². The average molecular weight is 235 g/mol. The van der Waals surface area contributed by atoms with E-state index >= 15 is 0 Å². The first-order valence-corrected chi connectivity index (χ1v) is 5.13. The second-order valence-corrected chi connectivity index (χ2v) is 3.91. The molecule has 0 bridgehead atoms. The molecule has 0 heterocycles. The normalized spacial score (nSPS) is 11.5. The lowest BCUT2D eigenvalue weighted by Crippen LogP contribution is -2.36. The van der Waals surface area contributed by atoms with Crippen molar-refractivity contribution >= 4 is 11.6 Å². The first-order valence-electron chi connectivity index (χ1n) is 5.13. The number of carbonyl (C=O) groups is 1. The molecule has 90 valence electrons.